The molecule has 0 saturated carbocycles. The zero-order valence-electron chi connectivity index (χ0n) is 40.2. The Morgan fingerprint density at radius 1 is 0.614 bits per heavy atom. The number of aromatic nitrogens is 2. The number of aromatic amines is 1. The van der Waals surface area contributed by atoms with Crippen molar-refractivity contribution in [3.8, 4) is 0 Å². The van der Waals surface area contributed by atoms with Crippen LogP contribution in [-0.4, -0.2) is 137 Å². The summed E-state index contributed by atoms with van der Waals surface area (Å²) < 4.78 is 0. The third-order valence-electron chi connectivity index (χ3n) is 12.2. The van der Waals surface area contributed by atoms with Crippen molar-refractivity contribution in [3.05, 3.63) is 137 Å². The highest BCUT2D eigenvalue weighted by molar-refractivity contribution is 5.92. The number of aryl methyl sites for hydroxylation is 2. The van der Waals surface area contributed by atoms with Crippen LogP contribution in [0.5, 0.6) is 0 Å². The fourth-order valence-electron chi connectivity index (χ4n) is 8.42. The van der Waals surface area contributed by atoms with Gasteiger partial charge in [0.15, 0.2) is 0 Å². The van der Waals surface area contributed by atoms with Crippen LogP contribution in [0.2, 0.25) is 0 Å². The highest BCUT2D eigenvalue weighted by Crippen LogP contribution is 2.21. The number of fused-ring (bicyclic) bond motifs is 2. The van der Waals surface area contributed by atoms with Crippen molar-refractivity contribution in [2.24, 2.45) is 34.4 Å². The van der Waals surface area contributed by atoms with Crippen molar-refractivity contribution < 1.29 is 24.0 Å². The van der Waals surface area contributed by atoms with Gasteiger partial charge in [-0.2, -0.15) is 0 Å². The number of rotatable bonds is 25. The number of benzene rings is 4. The summed E-state index contributed by atoms with van der Waals surface area (Å²) in [6.45, 7) is 3.79. The Balaban J connectivity index is 0.000000261. The Kier molecular flexibility index (Phi) is 22.4. The summed E-state index contributed by atoms with van der Waals surface area (Å²) in [5.74, 6) is -0.734. The molecule has 0 unspecified atom stereocenters. The molecule has 376 valence electrons. The molecule has 1 aromatic heterocycles. The maximum absolute atomic E-state index is 13.6. The molecule has 15 N–H and O–H groups in total. The first-order chi connectivity index (χ1) is 33.9. The molecule has 0 radical (unpaired) electrons. The van der Waals surface area contributed by atoms with E-state index in [9.17, 15) is 24.0 Å². The molecule has 0 spiro atoms. The summed E-state index contributed by atoms with van der Waals surface area (Å²) in [4.78, 5) is 77.5. The van der Waals surface area contributed by atoms with Gasteiger partial charge in [0.25, 0.3) is 0 Å². The van der Waals surface area contributed by atoms with E-state index in [0.717, 1.165) is 40.8 Å². The largest absolute Gasteiger partial charge is 0.352 e. The van der Waals surface area contributed by atoms with Crippen LogP contribution in [0.25, 0.3) is 11.0 Å². The van der Waals surface area contributed by atoms with Crippen molar-refractivity contribution in [3.63, 3.8) is 0 Å². The van der Waals surface area contributed by atoms with Gasteiger partial charge in [0.2, 0.25) is 29.5 Å². The van der Waals surface area contributed by atoms with Crippen molar-refractivity contribution >= 4 is 40.6 Å². The molecular formula is C52H73N13O5. The van der Waals surface area contributed by atoms with E-state index >= 15 is 0 Å². The minimum absolute atomic E-state index is 0.0954. The number of imidazole rings is 1. The summed E-state index contributed by atoms with van der Waals surface area (Å²) in [5.41, 5.74) is 41.0. The number of amides is 5. The number of carbonyl (C=O) groups excluding carboxylic acids is 5. The van der Waals surface area contributed by atoms with Gasteiger partial charge in [0.05, 0.1) is 36.0 Å². The molecule has 4 atom stereocenters. The van der Waals surface area contributed by atoms with E-state index in [1.54, 1.807) is 9.80 Å². The van der Waals surface area contributed by atoms with Crippen LogP contribution in [0.4, 0.5) is 0 Å². The van der Waals surface area contributed by atoms with E-state index < -0.39 is 24.0 Å². The lowest BCUT2D eigenvalue weighted by molar-refractivity contribution is -0.138. The van der Waals surface area contributed by atoms with Gasteiger partial charge in [0, 0.05) is 77.9 Å². The summed E-state index contributed by atoms with van der Waals surface area (Å²) in [5, 5.41) is 5.89. The van der Waals surface area contributed by atoms with Gasteiger partial charge in [-0.3, -0.25) is 24.0 Å². The van der Waals surface area contributed by atoms with Crippen LogP contribution in [-0.2, 0) is 56.2 Å². The molecule has 0 saturated heterocycles. The van der Waals surface area contributed by atoms with Crippen LogP contribution in [0.3, 0.4) is 0 Å². The summed E-state index contributed by atoms with van der Waals surface area (Å²) in [7, 11) is 0. The normalized spacial score (nSPS) is 13.7. The highest BCUT2D eigenvalue weighted by Gasteiger charge is 2.31. The van der Waals surface area contributed by atoms with Crippen molar-refractivity contribution in [2.45, 2.75) is 82.1 Å². The quantitative estimate of drug-likeness (QED) is 0.0393. The number of nitrogens with zero attached hydrogens (tertiary/aromatic N) is 4. The Bertz CT molecular complexity index is 2360. The lowest BCUT2D eigenvalue weighted by atomic mass is 9.98. The summed E-state index contributed by atoms with van der Waals surface area (Å²) >= 11 is 0. The lowest BCUT2D eigenvalue weighted by Gasteiger charge is -2.32. The zero-order valence-corrected chi connectivity index (χ0v) is 40.2. The van der Waals surface area contributed by atoms with E-state index in [-0.39, 0.29) is 42.5 Å². The number of nitrogens with one attached hydrogen (secondary N) is 3. The number of nitrogens with two attached hydrogens (primary N) is 6. The molecular weight excluding hydrogens is 887 g/mol. The standard InChI is InChI=1S/C27H38N6O3.C25H35N7O2/c28-13-16-32(17-14-29)25(34)18-23(30)26(35)31-24(11-10-20-6-2-1-3-7-20)27(36)33-15-12-21-8-4-5-9-22(21)19-33;26-12-14-32(15-13-27)24(33)17-20(28)25(34)29-19(11-10-18-6-2-1-3-7-18)16-23-30-21-8-4-5-9-22(21)31-23/h1-9,23-24H,10-19,28-30H2,(H,31,35);1-9,19-20H,10-17,26-28H2,(H,29,34)(H,30,31)/t23-,24-;19-,20-/m00/s1. The minimum atomic E-state index is -1.08. The van der Waals surface area contributed by atoms with Crippen molar-refractivity contribution in [2.75, 3.05) is 58.9 Å². The van der Waals surface area contributed by atoms with Crippen LogP contribution in [0, 0.1) is 0 Å². The van der Waals surface area contributed by atoms with Gasteiger partial charge in [-0.25, -0.2) is 4.98 Å². The highest BCUT2D eigenvalue weighted by atomic mass is 16.2. The predicted molar refractivity (Wildman–Crippen MR) is 273 cm³/mol. The van der Waals surface area contributed by atoms with Crippen LogP contribution in [0.15, 0.2) is 109 Å². The first-order valence-electron chi connectivity index (χ1n) is 24.3. The first-order valence-corrected chi connectivity index (χ1v) is 24.3. The predicted octanol–water partition coefficient (Wildman–Crippen LogP) is 0.839. The van der Waals surface area contributed by atoms with E-state index in [0.29, 0.717) is 91.1 Å². The second kappa shape index (κ2) is 28.8. The SMILES string of the molecule is NCCN(CCN)C(=O)C[C@H](N)C(=O)N[C@@H](CCc1ccccc1)C(=O)N1CCc2ccccc2C1.NCCN(CCN)C(=O)C[C@H](N)C(=O)N[C@@H](CCc1ccccc1)Cc1nc2ccccc2[nH]1. The molecule has 1 aliphatic heterocycles. The second-order valence-electron chi connectivity index (χ2n) is 17.5. The zero-order chi connectivity index (χ0) is 50.3. The molecule has 6 rings (SSSR count). The fraction of sp³-hybridized carbons (Fsp3) is 0.423. The molecule has 4 aromatic carbocycles. The van der Waals surface area contributed by atoms with Gasteiger partial charge >= 0.3 is 0 Å². The minimum Gasteiger partial charge on any atom is -0.352 e. The van der Waals surface area contributed by atoms with Gasteiger partial charge in [-0.15, -0.1) is 0 Å². The molecule has 1 aliphatic rings. The van der Waals surface area contributed by atoms with Gasteiger partial charge < -0.3 is 64.7 Å². The molecule has 0 aliphatic carbocycles. The molecule has 0 bridgehead atoms. The van der Waals surface area contributed by atoms with Gasteiger partial charge in [0.1, 0.15) is 11.9 Å². The molecule has 70 heavy (non-hydrogen) atoms. The molecule has 0 fully saturated rings. The number of hydrogen-bond acceptors (Lipinski definition) is 12. The second-order valence-corrected chi connectivity index (χ2v) is 17.5. The van der Waals surface area contributed by atoms with E-state index in [1.165, 1.54) is 16.0 Å². The number of para-hydroxylation sites is 2. The third kappa shape index (κ3) is 17.1. The first kappa shape index (κ1) is 54.4. The van der Waals surface area contributed by atoms with E-state index in [2.05, 4.69) is 38.8 Å². The van der Waals surface area contributed by atoms with Crippen LogP contribution < -0.4 is 45.0 Å². The van der Waals surface area contributed by atoms with Crippen LogP contribution >= 0.6 is 0 Å². The van der Waals surface area contributed by atoms with Gasteiger partial charge in [-0.1, -0.05) is 97.1 Å². The van der Waals surface area contributed by atoms with Gasteiger partial charge in [-0.05, 0) is 66.5 Å². The maximum Gasteiger partial charge on any atom is 0.245 e. The lowest BCUT2D eigenvalue weighted by Crippen LogP contribution is -2.54. The Morgan fingerprint density at radius 3 is 1.64 bits per heavy atom. The Morgan fingerprint density at radius 2 is 1.10 bits per heavy atom. The van der Waals surface area contributed by atoms with Crippen molar-refractivity contribution in [1.82, 2.24) is 35.3 Å². The fourth-order valence-corrected chi connectivity index (χ4v) is 8.42. The molecule has 18 heteroatoms. The van der Waals surface area contributed by atoms with Crippen molar-refractivity contribution in [1.29, 1.82) is 0 Å². The molecule has 2 heterocycles. The van der Waals surface area contributed by atoms with E-state index in [1.807, 2.05) is 91.0 Å². The number of carbonyl (C=O) groups is 5. The Hall–Kier alpha value is -6.54. The smallest absolute Gasteiger partial charge is 0.245 e. The molecule has 5 aromatic rings. The average Bonchev–Trinajstić information content (AvgIpc) is 3.79. The van der Waals surface area contributed by atoms with E-state index in [4.69, 9.17) is 34.4 Å². The third-order valence-corrected chi connectivity index (χ3v) is 12.2. The number of H-pyrrole nitrogens is 1. The van der Waals surface area contributed by atoms with Crippen LogP contribution in [0.1, 0.15) is 53.8 Å². The maximum atomic E-state index is 13.6. The number of hydrogen-bond donors (Lipinski definition) is 9. The topological polar surface area (TPSA) is 304 Å². The Labute approximate surface area is 411 Å². The summed E-state index contributed by atoms with van der Waals surface area (Å²) in [6.07, 6.45) is 3.58. The molecule has 5 amide bonds. The monoisotopic (exact) mass is 960 g/mol. The summed E-state index contributed by atoms with van der Waals surface area (Å²) in [6, 6.07) is 32.8. The molecule has 18 nitrogen and oxygen atoms in total. The average molecular weight is 960 g/mol.